The Morgan fingerprint density at radius 2 is 1.95 bits per heavy atom. The lowest BCUT2D eigenvalue weighted by Crippen LogP contribution is -2.42. The Morgan fingerprint density at radius 1 is 1.25 bits per heavy atom. The van der Waals surface area contributed by atoms with Crippen molar-refractivity contribution in [2.45, 2.75) is 71.6 Å². The number of benzene rings is 1. The van der Waals surface area contributed by atoms with E-state index >= 15 is 0 Å². The molecule has 112 valence electrons. The van der Waals surface area contributed by atoms with Crippen LogP contribution in [0.2, 0.25) is 0 Å². The highest BCUT2D eigenvalue weighted by Gasteiger charge is 2.41. The summed E-state index contributed by atoms with van der Waals surface area (Å²) >= 11 is 0. The van der Waals surface area contributed by atoms with Crippen LogP contribution in [-0.2, 0) is 0 Å². The van der Waals surface area contributed by atoms with Crippen molar-refractivity contribution in [2.75, 3.05) is 0 Å². The topological polar surface area (TPSA) is 24.1 Å². The lowest BCUT2D eigenvalue weighted by atomic mass is 9.78. The van der Waals surface area contributed by atoms with Gasteiger partial charge >= 0.3 is 0 Å². The zero-order chi connectivity index (χ0) is 14.6. The monoisotopic (exact) mass is 274 g/mol. The summed E-state index contributed by atoms with van der Waals surface area (Å²) in [6, 6.07) is 11.9. The van der Waals surface area contributed by atoms with E-state index < -0.39 is 0 Å². The standard InChI is InChI=1S/C18H30N2/c1-5-15(14-11-9-8-10-12-14)19-17-13-18(4,7-3)16(6-2)20-17/h8-12,15-17,19-20H,5-7,13H2,1-4H3. The number of nitrogens with one attached hydrogen (secondary N) is 2. The predicted octanol–water partition coefficient (Wildman–Crippen LogP) is 4.24. The van der Waals surface area contributed by atoms with Gasteiger partial charge in [-0.25, -0.2) is 0 Å². The second-order valence-electron chi connectivity index (χ2n) is 6.43. The highest BCUT2D eigenvalue weighted by molar-refractivity contribution is 5.19. The van der Waals surface area contributed by atoms with Crippen molar-refractivity contribution in [1.29, 1.82) is 0 Å². The van der Waals surface area contributed by atoms with Crippen LogP contribution in [0.3, 0.4) is 0 Å². The van der Waals surface area contributed by atoms with Gasteiger partial charge in [-0.2, -0.15) is 0 Å². The number of rotatable bonds is 6. The second kappa shape index (κ2) is 6.73. The molecule has 0 radical (unpaired) electrons. The molecule has 4 unspecified atom stereocenters. The summed E-state index contributed by atoms with van der Waals surface area (Å²) in [5.41, 5.74) is 1.83. The summed E-state index contributed by atoms with van der Waals surface area (Å²) < 4.78 is 0. The molecule has 0 amide bonds. The lowest BCUT2D eigenvalue weighted by Gasteiger charge is -2.28. The van der Waals surface area contributed by atoms with Gasteiger partial charge in [-0.3, -0.25) is 10.6 Å². The molecule has 1 aromatic carbocycles. The van der Waals surface area contributed by atoms with Crippen LogP contribution >= 0.6 is 0 Å². The quantitative estimate of drug-likeness (QED) is 0.810. The van der Waals surface area contributed by atoms with Crippen molar-refractivity contribution in [3.05, 3.63) is 35.9 Å². The van der Waals surface area contributed by atoms with Gasteiger partial charge < -0.3 is 0 Å². The molecule has 20 heavy (non-hydrogen) atoms. The largest absolute Gasteiger partial charge is 0.299 e. The van der Waals surface area contributed by atoms with Crippen molar-refractivity contribution >= 4 is 0 Å². The fourth-order valence-corrected chi connectivity index (χ4v) is 3.60. The molecule has 1 aromatic rings. The lowest BCUT2D eigenvalue weighted by molar-refractivity contribution is 0.260. The molecule has 2 nitrogen and oxygen atoms in total. The van der Waals surface area contributed by atoms with E-state index in [1.54, 1.807) is 0 Å². The van der Waals surface area contributed by atoms with Crippen LogP contribution in [-0.4, -0.2) is 12.2 Å². The average Bonchev–Trinajstić information content (AvgIpc) is 2.82. The van der Waals surface area contributed by atoms with Crippen molar-refractivity contribution in [2.24, 2.45) is 5.41 Å². The minimum Gasteiger partial charge on any atom is -0.299 e. The molecule has 1 saturated heterocycles. The summed E-state index contributed by atoms with van der Waals surface area (Å²) in [7, 11) is 0. The van der Waals surface area contributed by atoms with Gasteiger partial charge in [0.1, 0.15) is 0 Å². The Labute approximate surface area is 124 Å². The van der Waals surface area contributed by atoms with E-state index in [1.807, 2.05) is 0 Å². The first kappa shape index (κ1) is 15.5. The SMILES string of the molecule is CCC(NC1CC(C)(CC)C(CC)N1)c1ccccc1. The normalized spacial score (nSPS) is 31.4. The first-order chi connectivity index (χ1) is 9.62. The van der Waals surface area contributed by atoms with Crippen molar-refractivity contribution < 1.29 is 0 Å². The molecular weight excluding hydrogens is 244 g/mol. The summed E-state index contributed by atoms with van der Waals surface area (Å²) in [5.74, 6) is 0. The van der Waals surface area contributed by atoms with Crippen LogP contribution in [0.4, 0.5) is 0 Å². The molecule has 0 aliphatic carbocycles. The molecule has 1 heterocycles. The van der Waals surface area contributed by atoms with E-state index in [4.69, 9.17) is 0 Å². The first-order valence-electron chi connectivity index (χ1n) is 8.20. The summed E-state index contributed by atoms with van der Waals surface area (Å²) in [5, 5.41) is 7.63. The third-order valence-electron chi connectivity index (χ3n) is 5.14. The van der Waals surface area contributed by atoms with Gasteiger partial charge in [-0.1, -0.05) is 58.0 Å². The van der Waals surface area contributed by atoms with Crippen molar-refractivity contribution in [3.8, 4) is 0 Å². The van der Waals surface area contributed by atoms with Crippen LogP contribution in [0.1, 0.15) is 65.0 Å². The van der Waals surface area contributed by atoms with Crippen LogP contribution in [0.5, 0.6) is 0 Å². The van der Waals surface area contributed by atoms with Crippen LogP contribution in [0.15, 0.2) is 30.3 Å². The Hall–Kier alpha value is -0.860. The third-order valence-corrected chi connectivity index (χ3v) is 5.14. The van der Waals surface area contributed by atoms with Gasteiger partial charge in [0, 0.05) is 12.1 Å². The van der Waals surface area contributed by atoms with Crippen LogP contribution in [0.25, 0.3) is 0 Å². The summed E-state index contributed by atoms with van der Waals surface area (Å²) in [6.07, 6.45) is 5.26. The van der Waals surface area contributed by atoms with E-state index in [2.05, 4.69) is 68.7 Å². The molecule has 1 fully saturated rings. The van der Waals surface area contributed by atoms with E-state index in [9.17, 15) is 0 Å². The molecule has 4 atom stereocenters. The fraction of sp³-hybridized carbons (Fsp3) is 0.667. The Bertz CT molecular complexity index is 403. The zero-order valence-corrected chi connectivity index (χ0v) is 13.4. The van der Waals surface area contributed by atoms with Crippen LogP contribution < -0.4 is 10.6 Å². The summed E-state index contributed by atoms with van der Waals surface area (Å²) in [6.45, 7) is 9.30. The Balaban J connectivity index is 2.03. The minimum atomic E-state index is 0.432. The number of hydrogen-bond donors (Lipinski definition) is 2. The van der Waals surface area contributed by atoms with Crippen molar-refractivity contribution in [1.82, 2.24) is 10.6 Å². The summed E-state index contributed by atoms with van der Waals surface area (Å²) in [4.78, 5) is 0. The molecule has 1 aliphatic heterocycles. The van der Waals surface area contributed by atoms with E-state index in [0.717, 1.165) is 6.42 Å². The van der Waals surface area contributed by atoms with E-state index in [1.165, 1.54) is 24.8 Å². The van der Waals surface area contributed by atoms with Crippen LogP contribution in [0, 0.1) is 5.41 Å². The average molecular weight is 274 g/mol. The maximum absolute atomic E-state index is 3.82. The molecule has 2 N–H and O–H groups in total. The molecule has 0 spiro atoms. The molecular formula is C18H30N2. The van der Waals surface area contributed by atoms with E-state index in [-0.39, 0.29) is 0 Å². The fourth-order valence-electron chi connectivity index (χ4n) is 3.60. The third kappa shape index (κ3) is 3.24. The number of hydrogen-bond acceptors (Lipinski definition) is 2. The maximum Gasteiger partial charge on any atom is 0.0584 e. The maximum atomic E-state index is 3.82. The van der Waals surface area contributed by atoms with Gasteiger partial charge in [0.15, 0.2) is 0 Å². The molecule has 0 saturated carbocycles. The molecule has 2 rings (SSSR count). The first-order valence-corrected chi connectivity index (χ1v) is 8.20. The highest BCUT2D eigenvalue weighted by Crippen LogP contribution is 2.38. The van der Waals surface area contributed by atoms with Gasteiger partial charge in [0.05, 0.1) is 6.17 Å². The molecule has 1 aliphatic rings. The minimum absolute atomic E-state index is 0.432. The van der Waals surface area contributed by atoms with Gasteiger partial charge in [-0.05, 0) is 36.7 Å². The smallest absolute Gasteiger partial charge is 0.0584 e. The predicted molar refractivity (Wildman–Crippen MR) is 86.6 cm³/mol. The van der Waals surface area contributed by atoms with E-state index in [0.29, 0.717) is 23.7 Å². The highest BCUT2D eigenvalue weighted by atomic mass is 15.2. The molecule has 0 bridgehead atoms. The zero-order valence-electron chi connectivity index (χ0n) is 13.4. The Morgan fingerprint density at radius 3 is 2.45 bits per heavy atom. The molecule has 2 heteroatoms. The molecule has 0 aromatic heterocycles. The van der Waals surface area contributed by atoms with Gasteiger partial charge in [-0.15, -0.1) is 0 Å². The van der Waals surface area contributed by atoms with Gasteiger partial charge in [0.2, 0.25) is 0 Å². The Kier molecular flexibility index (Phi) is 5.22. The van der Waals surface area contributed by atoms with Crippen molar-refractivity contribution in [3.63, 3.8) is 0 Å². The van der Waals surface area contributed by atoms with Gasteiger partial charge in [0.25, 0.3) is 0 Å². The second-order valence-corrected chi connectivity index (χ2v) is 6.43.